The molecule has 0 amide bonds. The number of hydrogen-bond donors (Lipinski definition) is 1. The molecule has 4 nitrogen and oxygen atoms in total. The summed E-state index contributed by atoms with van der Waals surface area (Å²) in [6.07, 6.45) is -0.467. The van der Waals surface area contributed by atoms with Crippen LogP contribution < -0.4 is 0 Å². The van der Waals surface area contributed by atoms with Gasteiger partial charge in [-0.1, -0.05) is 25.9 Å². The van der Waals surface area contributed by atoms with E-state index in [1.165, 1.54) is 0 Å². The Balaban J connectivity index is 2.06. The van der Waals surface area contributed by atoms with Crippen LogP contribution in [0.1, 0.15) is 50.6 Å². The standard InChI is InChI=1S/C12H20N2O2S2/c1-6(7(2)15)12-13-11(14-16-12)10-5-17-8(3)9(4)18-10/h6-10,15H,5H2,1-4H3. The summed E-state index contributed by atoms with van der Waals surface area (Å²) in [5.41, 5.74) is 0. The van der Waals surface area contributed by atoms with Crippen LogP contribution >= 0.6 is 23.5 Å². The van der Waals surface area contributed by atoms with Crippen molar-refractivity contribution in [3.8, 4) is 0 Å². The predicted octanol–water partition coefficient (Wildman–Crippen LogP) is 2.85. The van der Waals surface area contributed by atoms with Crippen LogP contribution in [0, 0.1) is 0 Å². The van der Waals surface area contributed by atoms with Gasteiger partial charge in [-0.05, 0) is 6.92 Å². The lowest BCUT2D eigenvalue weighted by Gasteiger charge is -2.29. The van der Waals surface area contributed by atoms with Crippen LogP contribution in [0.15, 0.2) is 4.52 Å². The van der Waals surface area contributed by atoms with Crippen LogP contribution in [0.2, 0.25) is 0 Å². The molecule has 0 saturated carbocycles. The van der Waals surface area contributed by atoms with Crippen LogP contribution in [0.5, 0.6) is 0 Å². The highest BCUT2D eigenvalue weighted by Gasteiger charge is 2.30. The van der Waals surface area contributed by atoms with Gasteiger partial charge < -0.3 is 9.63 Å². The molecule has 5 unspecified atom stereocenters. The molecule has 5 atom stereocenters. The molecule has 0 aromatic carbocycles. The number of hydrogen-bond acceptors (Lipinski definition) is 6. The molecule has 1 saturated heterocycles. The van der Waals surface area contributed by atoms with Crippen molar-refractivity contribution in [1.29, 1.82) is 0 Å². The number of aliphatic hydroxyl groups excluding tert-OH is 1. The molecule has 2 rings (SSSR count). The van der Waals surface area contributed by atoms with E-state index in [0.717, 1.165) is 11.6 Å². The molecule has 0 aliphatic carbocycles. The molecule has 6 heteroatoms. The van der Waals surface area contributed by atoms with E-state index in [4.69, 9.17) is 4.52 Å². The van der Waals surface area contributed by atoms with Crippen LogP contribution in [0.4, 0.5) is 0 Å². The third-order valence-corrected chi connectivity index (χ3v) is 6.80. The summed E-state index contributed by atoms with van der Waals surface area (Å²) < 4.78 is 5.26. The lowest BCUT2D eigenvalue weighted by Crippen LogP contribution is -2.22. The zero-order chi connectivity index (χ0) is 13.3. The smallest absolute Gasteiger partial charge is 0.232 e. The van der Waals surface area contributed by atoms with Gasteiger partial charge in [0.05, 0.1) is 17.3 Å². The molecule has 1 fully saturated rings. The Hall–Kier alpha value is -0.200. The maximum absolute atomic E-state index is 9.53. The molecule has 2 heterocycles. The first-order chi connectivity index (χ1) is 8.49. The van der Waals surface area contributed by atoms with Gasteiger partial charge in [0.25, 0.3) is 0 Å². The second-order valence-electron chi connectivity index (χ2n) is 4.89. The SMILES string of the molecule is CC(O)C(C)c1nc(C2CSC(C)C(C)S2)no1. The monoisotopic (exact) mass is 288 g/mol. The Labute approximate surface area is 116 Å². The predicted molar refractivity (Wildman–Crippen MR) is 76.1 cm³/mol. The number of nitrogens with zero attached hydrogens (tertiary/aromatic N) is 2. The number of rotatable bonds is 3. The third-order valence-electron chi connectivity index (χ3n) is 3.41. The second kappa shape index (κ2) is 5.84. The summed E-state index contributed by atoms with van der Waals surface area (Å²) in [4.78, 5) is 4.44. The Morgan fingerprint density at radius 2 is 2.06 bits per heavy atom. The summed E-state index contributed by atoms with van der Waals surface area (Å²) in [6, 6.07) is 0. The molecule has 1 aliphatic heterocycles. The Kier molecular flexibility index (Phi) is 4.61. The van der Waals surface area contributed by atoms with E-state index in [9.17, 15) is 5.11 Å². The van der Waals surface area contributed by atoms with Gasteiger partial charge >= 0.3 is 0 Å². The largest absolute Gasteiger partial charge is 0.393 e. The second-order valence-corrected chi connectivity index (χ2v) is 7.88. The highest BCUT2D eigenvalue weighted by Crippen LogP contribution is 2.43. The van der Waals surface area contributed by atoms with Gasteiger partial charge in [-0.15, -0.1) is 11.8 Å². The minimum absolute atomic E-state index is 0.108. The molecule has 18 heavy (non-hydrogen) atoms. The van der Waals surface area contributed by atoms with Crippen LogP contribution in [-0.2, 0) is 0 Å². The molecule has 0 bridgehead atoms. The number of thioether (sulfide) groups is 2. The van der Waals surface area contributed by atoms with Crippen molar-refractivity contribution >= 4 is 23.5 Å². The zero-order valence-electron chi connectivity index (χ0n) is 11.2. The Bertz CT molecular complexity index is 397. The molecule has 1 aliphatic rings. The van der Waals surface area contributed by atoms with Crippen molar-refractivity contribution in [2.24, 2.45) is 0 Å². The van der Waals surface area contributed by atoms with Crippen molar-refractivity contribution in [1.82, 2.24) is 10.1 Å². The Morgan fingerprint density at radius 3 is 2.67 bits per heavy atom. The lowest BCUT2D eigenvalue weighted by atomic mass is 10.1. The highest BCUT2D eigenvalue weighted by atomic mass is 32.2. The summed E-state index contributed by atoms with van der Waals surface area (Å²) in [6.45, 7) is 8.14. The van der Waals surface area contributed by atoms with E-state index in [-0.39, 0.29) is 5.92 Å². The average Bonchev–Trinajstić information content (AvgIpc) is 2.81. The number of aliphatic hydroxyl groups is 1. The molecule has 0 spiro atoms. The quantitative estimate of drug-likeness (QED) is 0.923. The van der Waals surface area contributed by atoms with Crippen LogP contribution in [-0.4, -0.2) is 37.6 Å². The minimum Gasteiger partial charge on any atom is -0.393 e. The van der Waals surface area contributed by atoms with E-state index in [1.807, 2.05) is 30.4 Å². The molecular formula is C12H20N2O2S2. The maximum atomic E-state index is 9.53. The molecule has 0 radical (unpaired) electrons. The van der Waals surface area contributed by atoms with Gasteiger partial charge in [0.1, 0.15) is 0 Å². The molecule has 1 N–H and O–H groups in total. The van der Waals surface area contributed by atoms with E-state index in [2.05, 4.69) is 24.0 Å². The van der Waals surface area contributed by atoms with Crippen molar-refractivity contribution < 1.29 is 9.63 Å². The average molecular weight is 288 g/mol. The van der Waals surface area contributed by atoms with Gasteiger partial charge in [-0.2, -0.15) is 16.7 Å². The van der Waals surface area contributed by atoms with E-state index in [1.54, 1.807) is 6.92 Å². The maximum Gasteiger partial charge on any atom is 0.232 e. The topological polar surface area (TPSA) is 59.2 Å². The highest BCUT2D eigenvalue weighted by molar-refractivity contribution is 8.07. The van der Waals surface area contributed by atoms with Gasteiger partial charge in [0, 0.05) is 16.3 Å². The summed E-state index contributed by atoms with van der Waals surface area (Å²) in [5, 5.41) is 15.2. The summed E-state index contributed by atoms with van der Waals surface area (Å²) in [5.74, 6) is 2.23. The fourth-order valence-corrected chi connectivity index (χ4v) is 4.52. The molecule has 1 aromatic rings. The fourth-order valence-electron chi connectivity index (χ4n) is 1.69. The van der Waals surface area contributed by atoms with Crippen molar-refractivity contribution in [3.63, 3.8) is 0 Å². The van der Waals surface area contributed by atoms with E-state index >= 15 is 0 Å². The molecule has 1 aromatic heterocycles. The first-order valence-corrected chi connectivity index (χ1v) is 8.26. The third kappa shape index (κ3) is 3.03. The van der Waals surface area contributed by atoms with E-state index in [0.29, 0.717) is 21.6 Å². The van der Waals surface area contributed by atoms with Gasteiger partial charge in [0.15, 0.2) is 5.82 Å². The first kappa shape index (κ1) is 14.2. The normalized spacial score (nSPS) is 32.2. The van der Waals surface area contributed by atoms with Gasteiger partial charge in [-0.25, -0.2) is 0 Å². The molecule has 102 valence electrons. The van der Waals surface area contributed by atoms with Crippen LogP contribution in [0.3, 0.4) is 0 Å². The Morgan fingerprint density at radius 1 is 1.33 bits per heavy atom. The van der Waals surface area contributed by atoms with Crippen molar-refractivity contribution in [2.45, 2.75) is 55.5 Å². The fraction of sp³-hybridized carbons (Fsp3) is 0.833. The summed E-state index contributed by atoms with van der Waals surface area (Å²) >= 11 is 3.87. The first-order valence-electron chi connectivity index (χ1n) is 6.27. The molecular weight excluding hydrogens is 268 g/mol. The summed E-state index contributed by atoms with van der Waals surface area (Å²) in [7, 11) is 0. The van der Waals surface area contributed by atoms with Crippen molar-refractivity contribution in [3.05, 3.63) is 11.7 Å². The number of aromatic nitrogens is 2. The van der Waals surface area contributed by atoms with Gasteiger partial charge in [-0.3, -0.25) is 0 Å². The van der Waals surface area contributed by atoms with Gasteiger partial charge in [0.2, 0.25) is 5.89 Å². The van der Waals surface area contributed by atoms with Crippen LogP contribution in [0.25, 0.3) is 0 Å². The minimum atomic E-state index is -0.467. The van der Waals surface area contributed by atoms with E-state index < -0.39 is 6.10 Å². The zero-order valence-corrected chi connectivity index (χ0v) is 12.8. The van der Waals surface area contributed by atoms with Crippen molar-refractivity contribution in [2.75, 3.05) is 5.75 Å². The lowest BCUT2D eigenvalue weighted by molar-refractivity contribution is 0.151.